The number of piperidine rings is 1. The number of sulfonamides is 1. The molecule has 1 fully saturated rings. The van der Waals surface area contributed by atoms with E-state index >= 15 is 0 Å². The maximum atomic E-state index is 13.2. The third-order valence-corrected chi connectivity index (χ3v) is 7.16. The van der Waals surface area contributed by atoms with Gasteiger partial charge in [0.05, 0.1) is 19.9 Å². The topological polar surface area (TPSA) is 73.1 Å². The number of fused-ring (bicyclic) bond motifs is 1. The van der Waals surface area contributed by atoms with E-state index in [1.54, 1.807) is 12.1 Å². The Labute approximate surface area is 164 Å². The number of benzene rings is 1. The van der Waals surface area contributed by atoms with Gasteiger partial charge in [-0.1, -0.05) is 6.07 Å². The maximum absolute atomic E-state index is 13.2. The number of methoxy groups -OCH3 is 2. The summed E-state index contributed by atoms with van der Waals surface area (Å²) in [7, 11) is -0.684. The maximum Gasteiger partial charge on any atom is 0.246 e. The van der Waals surface area contributed by atoms with Crippen LogP contribution in [-0.4, -0.2) is 49.4 Å². The first-order valence-corrected chi connectivity index (χ1v) is 10.6. The smallest absolute Gasteiger partial charge is 0.246 e. The molecule has 1 aliphatic heterocycles. The Hall–Kier alpha value is -2.58. The highest BCUT2D eigenvalue weighted by molar-refractivity contribution is 7.89. The van der Waals surface area contributed by atoms with Crippen molar-refractivity contribution in [2.45, 2.75) is 23.7 Å². The van der Waals surface area contributed by atoms with Crippen LogP contribution >= 0.6 is 0 Å². The molecule has 1 aliphatic rings. The molecule has 0 bridgehead atoms. The van der Waals surface area contributed by atoms with E-state index in [2.05, 4.69) is 0 Å². The average molecular weight is 401 g/mol. The molecule has 0 atom stereocenters. The molecule has 2 aromatic heterocycles. The minimum atomic E-state index is -3.66. The second kappa shape index (κ2) is 7.44. The zero-order valence-corrected chi connectivity index (χ0v) is 16.7. The number of aromatic nitrogens is 2. The summed E-state index contributed by atoms with van der Waals surface area (Å²) >= 11 is 0. The predicted octanol–water partition coefficient (Wildman–Crippen LogP) is 2.92. The molecule has 3 aromatic rings. The van der Waals surface area contributed by atoms with Crippen LogP contribution in [-0.2, 0) is 10.0 Å². The molecule has 8 heteroatoms. The lowest BCUT2D eigenvalue weighted by atomic mass is 9.95. The van der Waals surface area contributed by atoms with Gasteiger partial charge in [-0.15, -0.1) is 0 Å². The molecule has 0 unspecified atom stereocenters. The zero-order chi connectivity index (χ0) is 19.7. The first-order chi connectivity index (χ1) is 13.5. The van der Waals surface area contributed by atoms with E-state index in [4.69, 9.17) is 14.5 Å². The van der Waals surface area contributed by atoms with E-state index in [1.165, 1.54) is 24.6 Å². The molecular formula is C20H23N3O4S. The summed E-state index contributed by atoms with van der Waals surface area (Å²) in [6.07, 6.45) is 5.47. The summed E-state index contributed by atoms with van der Waals surface area (Å²) in [6, 6.07) is 10.7. The van der Waals surface area contributed by atoms with Crippen LogP contribution in [0.1, 0.15) is 24.5 Å². The van der Waals surface area contributed by atoms with Crippen LogP contribution in [0.15, 0.2) is 53.7 Å². The molecule has 0 radical (unpaired) electrons. The van der Waals surface area contributed by atoms with Gasteiger partial charge in [-0.05, 0) is 37.1 Å². The van der Waals surface area contributed by atoms with Gasteiger partial charge in [0.15, 0.2) is 0 Å². The van der Waals surface area contributed by atoms with Crippen LogP contribution in [0.3, 0.4) is 0 Å². The van der Waals surface area contributed by atoms with Crippen molar-refractivity contribution < 1.29 is 17.9 Å². The van der Waals surface area contributed by atoms with E-state index < -0.39 is 10.0 Å². The molecular weight excluding hydrogens is 378 g/mol. The van der Waals surface area contributed by atoms with E-state index in [-0.39, 0.29) is 10.8 Å². The van der Waals surface area contributed by atoms with Gasteiger partial charge in [0.1, 0.15) is 22.0 Å². The monoisotopic (exact) mass is 401 g/mol. The molecule has 0 spiro atoms. The number of rotatable bonds is 5. The first-order valence-electron chi connectivity index (χ1n) is 9.19. The molecule has 0 amide bonds. The van der Waals surface area contributed by atoms with Gasteiger partial charge in [-0.3, -0.25) is 0 Å². The molecule has 1 saturated heterocycles. The van der Waals surface area contributed by atoms with Crippen molar-refractivity contribution in [1.82, 2.24) is 13.7 Å². The van der Waals surface area contributed by atoms with E-state index in [1.807, 2.05) is 35.0 Å². The molecule has 3 heterocycles. The van der Waals surface area contributed by atoms with Gasteiger partial charge >= 0.3 is 0 Å². The third-order valence-electron chi connectivity index (χ3n) is 5.24. The summed E-state index contributed by atoms with van der Waals surface area (Å²) in [5, 5.41) is 0. The molecule has 4 rings (SSSR count). The van der Waals surface area contributed by atoms with Crippen molar-refractivity contribution in [3.63, 3.8) is 0 Å². The van der Waals surface area contributed by atoms with Crippen molar-refractivity contribution in [1.29, 1.82) is 0 Å². The highest BCUT2D eigenvalue weighted by Gasteiger charge is 2.33. The van der Waals surface area contributed by atoms with Gasteiger partial charge in [-0.2, -0.15) is 4.31 Å². The minimum absolute atomic E-state index is 0.139. The van der Waals surface area contributed by atoms with Crippen LogP contribution < -0.4 is 9.47 Å². The predicted molar refractivity (Wildman–Crippen MR) is 105 cm³/mol. The molecule has 7 nitrogen and oxygen atoms in total. The second-order valence-corrected chi connectivity index (χ2v) is 8.73. The van der Waals surface area contributed by atoms with Gasteiger partial charge in [0, 0.05) is 37.5 Å². The third kappa shape index (κ3) is 3.33. The van der Waals surface area contributed by atoms with Crippen LogP contribution in [0.4, 0.5) is 0 Å². The Morgan fingerprint density at radius 1 is 1.07 bits per heavy atom. The van der Waals surface area contributed by atoms with Crippen LogP contribution in [0.2, 0.25) is 0 Å². The van der Waals surface area contributed by atoms with Crippen LogP contribution in [0.25, 0.3) is 5.65 Å². The molecule has 0 N–H and O–H groups in total. The first kappa shape index (κ1) is 18.8. The standard InChI is InChI=1S/C20H23N3O4S/c1-26-16-6-7-18(27-2)19(13-16)28(24,25)23-11-8-15(9-12-23)17-14-22-10-4-3-5-20(22)21-17/h3-7,10,13-15H,8-9,11-12H2,1-2H3. The number of pyridine rings is 1. The van der Waals surface area contributed by atoms with Crippen molar-refractivity contribution in [2.24, 2.45) is 0 Å². The minimum Gasteiger partial charge on any atom is -0.497 e. The number of hydrogen-bond donors (Lipinski definition) is 0. The van der Waals surface area contributed by atoms with Crippen LogP contribution in [0.5, 0.6) is 11.5 Å². The van der Waals surface area contributed by atoms with E-state index in [0.717, 1.165) is 24.2 Å². The lowest BCUT2D eigenvalue weighted by molar-refractivity contribution is 0.314. The highest BCUT2D eigenvalue weighted by Crippen LogP contribution is 2.34. The summed E-state index contributed by atoms with van der Waals surface area (Å²) in [6.45, 7) is 0.891. The van der Waals surface area contributed by atoms with Crippen molar-refractivity contribution in [2.75, 3.05) is 27.3 Å². The Morgan fingerprint density at radius 3 is 2.54 bits per heavy atom. The fourth-order valence-electron chi connectivity index (χ4n) is 3.67. The lowest BCUT2D eigenvalue weighted by Crippen LogP contribution is -2.38. The van der Waals surface area contributed by atoms with E-state index in [0.29, 0.717) is 24.6 Å². The van der Waals surface area contributed by atoms with Gasteiger partial charge in [0.25, 0.3) is 0 Å². The molecule has 28 heavy (non-hydrogen) atoms. The Morgan fingerprint density at radius 2 is 1.86 bits per heavy atom. The van der Waals surface area contributed by atoms with Gasteiger partial charge in [0.2, 0.25) is 10.0 Å². The fraction of sp³-hybridized carbons (Fsp3) is 0.350. The SMILES string of the molecule is COc1ccc(OC)c(S(=O)(=O)N2CCC(c3cn4ccccc4n3)CC2)c1. The summed E-state index contributed by atoms with van der Waals surface area (Å²) < 4.78 is 40.4. The molecule has 148 valence electrons. The fourth-order valence-corrected chi connectivity index (χ4v) is 5.31. The van der Waals surface area contributed by atoms with Gasteiger partial charge < -0.3 is 13.9 Å². The Balaban J connectivity index is 1.54. The second-order valence-electron chi connectivity index (χ2n) is 6.83. The van der Waals surface area contributed by atoms with Crippen molar-refractivity contribution in [3.05, 3.63) is 54.5 Å². The van der Waals surface area contributed by atoms with Crippen molar-refractivity contribution >= 4 is 15.7 Å². The largest absolute Gasteiger partial charge is 0.497 e. The quantitative estimate of drug-likeness (QED) is 0.657. The van der Waals surface area contributed by atoms with Gasteiger partial charge in [-0.25, -0.2) is 13.4 Å². The lowest BCUT2D eigenvalue weighted by Gasteiger charge is -2.30. The summed E-state index contributed by atoms with van der Waals surface area (Å²) in [5.74, 6) is 1.06. The van der Waals surface area contributed by atoms with Crippen molar-refractivity contribution in [3.8, 4) is 11.5 Å². The Kier molecular flexibility index (Phi) is 4.99. The molecule has 0 aliphatic carbocycles. The summed E-state index contributed by atoms with van der Waals surface area (Å²) in [5.41, 5.74) is 1.93. The summed E-state index contributed by atoms with van der Waals surface area (Å²) in [4.78, 5) is 4.83. The van der Waals surface area contributed by atoms with Crippen LogP contribution in [0, 0.1) is 0 Å². The highest BCUT2D eigenvalue weighted by atomic mass is 32.2. The molecule has 0 saturated carbocycles. The normalized spacial score (nSPS) is 16.4. The number of ether oxygens (including phenoxy) is 2. The number of imidazole rings is 1. The Bertz CT molecular complexity index is 1050. The molecule has 1 aromatic carbocycles. The zero-order valence-electron chi connectivity index (χ0n) is 15.9. The van der Waals surface area contributed by atoms with E-state index in [9.17, 15) is 8.42 Å². The number of hydrogen-bond acceptors (Lipinski definition) is 5. The average Bonchev–Trinajstić information content (AvgIpc) is 3.17. The number of nitrogens with zero attached hydrogens (tertiary/aromatic N) is 3.